The minimum atomic E-state index is -4.57. The summed E-state index contributed by atoms with van der Waals surface area (Å²) in [4.78, 5) is 1.92. The number of benzene rings is 2. The van der Waals surface area contributed by atoms with Crippen LogP contribution in [-0.4, -0.2) is 39.8 Å². The fourth-order valence-electron chi connectivity index (χ4n) is 3.58. The molecule has 1 saturated heterocycles. The number of likely N-dealkylation sites (tertiary alicyclic amines) is 1. The van der Waals surface area contributed by atoms with Crippen LogP contribution in [0, 0.1) is 0 Å². The number of hydrogen-bond donors (Lipinski definition) is 0. The Bertz CT molecular complexity index is 916. The molecule has 0 bridgehead atoms. The third-order valence-electron chi connectivity index (χ3n) is 5.04. The molecule has 1 aliphatic heterocycles. The normalized spacial score (nSPS) is 17.8. The highest BCUT2D eigenvalue weighted by Gasteiger charge is 2.29. The Hall–Kier alpha value is -2.19. The Morgan fingerprint density at radius 3 is 2.43 bits per heavy atom. The Morgan fingerprint density at radius 2 is 1.82 bits per heavy atom. The van der Waals surface area contributed by atoms with Gasteiger partial charge in [-0.3, -0.25) is 4.90 Å². The third-order valence-corrected chi connectivity index (χ3v) is 6.43. The van der Waals surface area contributed by atoms with Gasteiger partial charge in [-0.1, -0.05) is 18.2 Å². The molecule has 1 fully saturated rings. The van der Waals surface area contributed by atoms with Crippen LogP contribution in [0.5, 0.6) is 11.5 Å². The van der Waals surface area contributed by atoms with Crippen LogP contribution in [0.15, 0.2) is 47.4 Å². The van der Waals surface area contributed by atoms with Crippen molar-refractivity contribution in [1.82, 2.24) is 4.90 Å². The molecule has 0 N–H and O–H groups in total. The molecule has 3 rings (SSSR count). The van der Waals surface area contributed by atoms with Gasteiger partial charge in [0.05, 0.1) is 19.1 Å². The molecule has 152 valence electrons. The standard InChI is InChI=1S/C20H23F2NO4S/c1-26-15-7-10-17(19(12-15)27-2)18-4-3-11-23(18)13-14-5-8-16(9-6-14)28(24,25)20(21)22/h5-10,12,18,20H,3-4,11,13H2,1-2H3. The molecule has 2 aromatic carbocycles. The summed E-state index contributed by atoms with van der Waals surface area (Å²) in [5, 5.41) is 0. The number of halogens is 2. The van der Waals surface area contributed by atoms with Gasteiger partial charge in [0.2, 0.25) is 9.84 Å². The van der Waals surface area contributed by atoms with E-state index in [2.05, 4.69) is 4.90 Å². The molecule has 0 aliphatic carbocycles. The number of methoxy groups -OCH3 is 2. The Balaban J connectivity index is 1.79. The first kappa shape index (κ1) is 20.5. The fraction of sp³-hybridized carbons (Fsp3) is 0.400. The van der Waals surface area contributed by atoms with E-state index >= 15 is 0 Å². The minimum absolute atomic E-state index is 0.158. The first-order valence-electron chi connectivity index (χ1n) is 8.93. The first-order chi connectivity index (χ1) is 13.4. The first-order valence-corrected chi connectivity index (χ1v) is 10.5. The largest absolute Gasteiger partial charge is 0.497 e. The fourth-order valence-corrected chi connectivity index (χ4v) is 4.30. The van der Waals surface area contributed by atoms with Crippen molar-refractivity contribution in [1.29, 1.82) is 0 Å². The molecule has 28 heavy (non-hydrogen) atoms. The van der Waals surface area contributed by atoms with Gasteiger partial charge < -0.3 is 9.47 Å². The van der Waals surface area contributed by atoms with Crippen molar-refractivity contribution in [2.45, 2.75) is 36.1 Å². The molecule has 5 nitrogen and oxygen atoms in total. The summed E-state index contributed by atoms with van der Waals surface area (Å²) in [6.07, 6.45) is 2.00. The van der Waals surface area contributed by atoms with Gasteiger partial charge in [0.1, 0.15) is 11.5 Å². The second-order valence-electron chi connectivity index (χ2n) is 6.69. The lowest BCUT2D eigenvalue weighted by atomic mass is 10.0. The molecule has 1 atom stereocenters. The summed E-state index contributed by atoms with van der Waals surface area (Å²) >= 11 is 0. The van der Waals surface area contributed by atoms with Crippen LogP contribution in [-0.2, 0) is 16.4 Å². The predicted octanol–water partition coefficient (Wildman–Crippen LogP) is 4.04. The molecule has 2 aromatic rings. The summed E-state index contributed by atoms with van der Waals surface area (Å²) < 4.78 is 59.3. The van der Waals surface area contributed by atoms with E-state index in [0.29, 0.717) is 6.54 Å². The van der Waals surface area contributed by atoms with Crippen LogP contribution in [0.4, 0.5) is 8.78 Å². The maximum absolute atomic E-state index is 12.7. The van der Waals surface area contributed by atoms with Gasteiger partial charge in [0.25, 0.3) is 0 Å². The molecule has 0 saturated carbocycles. The summed E-state index contributed by atoms with van der Waals surface area (Å²) in [5.41, 5.74) is 1.94. The van der Waals surface area contributed by atoms with Gasteiger partial charge in [-0.05, 0) is 43.1 Å². The molecule has 1 unspecified atom stereocenters. The van der Waals surface area contributed by atoms with Crippen molar-refractivity contribution in [2.24, 2.45) is 0 Å². The second kappa shape index (κ2) is 8.45. The third kappa shape index (κ3) is 4.12. The van der Waals surface area contributed by atoms with Gasteiger partial charge in [0, 0.05) is 24.2 Å². The second-order valence-corrected chi connectivity index (χ2v) is 8.60. The van der Waals surface area contributed by atoms with E-state index in [1.165, 1.54) is 12.1 Å². The molecule has 0 aromatic heterocycles. The topological polar surface area (TPSA) is 55.8 Å². The monoisotopic (exact) mass is 411 g/mol. The molecule has 0 spiro atoms. The lowest BCUT2D eigenvalue weighted by molar-refractivity contribution is 0.234. The van der Waals surface area contributed by atoms with Crippen molar-refractivity contribution in [3.05, 3.63) is 53.6 Å². The van der Waals surface area contributed by atoms with E-state index in [-0.39, 0.29) is 10.9 Å². The maximum atomic E-state index is 12.7. The van der Waals surface area contributed by atoms with E-state index in [9.17, 15) is 17.2 Å². The SMILES string of the molecule is COc1ccc(C2CCCN2Cc2ccc(S(=O)(=O)C(F)F)cc2)c(OC)c1. The van der Waals surface area contributed by atoms with Crippen LogP contribution < -0.4 is 9.47 Å². The molecule has 0 amide bonds. The number of sulfone groups is 1. The van der Waals surface area contributed by atoms with E-state index in [0.717, 1.165) is 42.0 Å². The van der Waals surface area contributed by atoms with E-state index in [1.807, 2.05) is 18.2 Å². The van der Waals surface area contributed by atoms with E-state index in [1.54, 1.807) is 26.4 Å². The number of ether oxygens (including phenoxy) is 2. The van der Waals surface area contributed by atoms with E-state index < -0.39 is 15.6 Å². The molecule has 0 radical (unpaired) electrons. The average molecular weight is 411 g/mol. The van der Waals surface area contributed by atoms with Crippen molar-refractivity contribution in [3.63, 3.8) is 0 Å². The van der Waals surface area contributed by atoms with Crippen LogP contribution in [0.1, 0.15) is 30.0 Å². The lowest BCUT2D eigenvalue weighted by Gasteiger charge is -2.26. The van der Waals surface area contributed by atoms with Gasteiger partial charge in [-0.25, -0.2) is 8.42 Å². The van der Waals surface area contributed by atoms with Gasteiger partial charge in [-0.15, -0.1) is 0 Å². The Morgan fingerprint density at radius 1 is 1.11 bits per heavy atom. The number of rotatable bonds is 7. The Kier molecular flexibility index (Phi) is 6.20. The van der Waals surface area contributed by atoms with Crippen LogP contribution in [0.2, 0.25) is 0 Å². The highest BCUT2D eigenvalue weighted by molar-refractivity contribution is 7.91. The molecule has 8 heteroatoms. The van der Waals surface area contributed by atoms with Crippen LogP contribution in [0.25, 0.3) is 0 Å². The van der Waals surface area contributed by atoms with Crippen molar-refractivity contribution >= 4 is 9.84 Å². The molecule has 1 heterocycles. The van der Waals surface area contributed by atoms with Crippen molar-refractivity contribution in [3.8, 4) is 11.5 Å². The van der Waals surface area contributed by atoms with Gasteiger partial charge in [-0.2, -0.15) is 8.78 Å². The molecular formula is C20H23F2NO4S. The zero-order valence-electron chi connectivity index (χ0n) is 15.8. The summed E-state index contributed by atoms with van der Waals surface area (Å²) in [7, 11) is -1.34. The molecule has 1 aliphatic rings. The smallest absolute Gasteiger partial charge is 0.341 e. The minimum Gasteiger partial charge on any atom is -0.497 e. The summed E-state index contributed by atoms with van der Waals surface area (Å²) in [6, 6.07) is 11.6. The number of hydrogen-bond acceptors (Lipinski definition) is 5. The zero-order chi connectivity index (χ0) is 20.3. The van der Waals surface area contributed by atoms with Gasteiger partial charge >= 0.3 is 5.76 Å². The van der Waals surface area contributed by atoms with Gasteiger partial charge in [0.15, 0.2) is 0 Å². The highest BCUT2D eigenvalue weighted by Crippen LogP contribution is 2.39. The predicted molar refractivity (Wildman–Crippen MR) is 102 cm³/mol. The van der Waals surface area contributed by atoms with Crippen LogP contribution >= 0.6 is 0 Å². The number of nitrogens with zero attached hydrogens (tertiary/aromatic N) is 1. The highest BCUT2D eigenvalue weighted by atomic mass is 32.2. The maximum Gasteiger partial charge on any atom is 0.341 e. The van der Waals surface area contributed by atoms with E-state index in [4.69, 9.17) is 9.47 Å². The van der Waals surface area contributed by atoms with Crippen LogP contribution in [0.3, 0.4) is 0 Å². The Labute approximate surface area is 163 Å². The average Bonchev–Trinajstić information content (AvgIpc) is 3.15. The van der Waals surface area contributed by atoms with Crippen molar-refractivity contribution in [2.75, 3.05) is 20.8 Å². The zero-order valence-corrected chi connectivity index (χ0v) is 16.6. The number of alkyl halides is 2. The van der Waals surface area contributed by atoms with Crippen molar-refractivity contribution < 1.29 is 26.7 Å². The lowest BCUT2D eigenvalue weighted by Crippen LogP contribution is -2.23. The molecular weight excluding hydrogens is 388 g/mol. The summed E-state index contributed by atoms with van der Waals surface area (Å²) in [6.45, 7) is 1.48. The summed E-state index contributed by atoms with van der Waals surface area (Å²) in [5.74, 6) is -1.93. The quantitative estimate of drug-likeness (QED) is 0.688.